The molecule has 1 aromatic heterocycles. The molecule has 2 heteroatoms. The van der Waals surface area contributed by atoms with Gasteiger partial charge in [0.1, 0.15) is 0 Å². The highest BCUT2D eigenvalue weighted by Crippen LogP contribution is 2.18. The van der Waals surface area contributed by atoms with Crippen LogP contribution >= 0.6 is 0 Å². The molecule has 0 spiro atoms. The van der Waals surface area contributed by atoms with E-state index in [2.05, 4.69) is 30.2 Å². The molecule has 1 aromatic rings. The van der Waals surface area contributed by atoms with Crippen molar-refractivity contribution in [2.75, 3.05) is 6.54 Å². The molecule has 0 unspecified atom stereocenters. The third-order valence-corrected chi connectivity index (χ3v) is 2.89. The molecule has 1 aliphatic rings. The Labute approximate surface area is 86.1 Å². The maximum absolute atomic E-state index is 3.54. The fourth-order valence-corrected chi connectivity index (χ4v) is 1.91. The average Bonchev–Trinajstić information content (AvgIpc) is 2.88. The van der Waals surface area contributed by atoms with Crippen LogP contribution in [0.5, 0.6) is 0 Å². The number of aromatic nitrogens is 1. The van der Waals surface area contributed by atoms with Crippen LogP contribution in [0.1, 0.15) is 36.2 Å². The standard InChI is InChI=1S/C12H20N2/c1-9-8-11(10(2)14-9)4-3-7-13-12-5-6-12/h8,12-14H,3-7H2,1-2H3. The van der Waals surface area contributed by atoms with Crippen molar-refractivity contribution in [3.8, 4) is 0 Å². The highest BCUT2D eigenvalue weighted by Gasteiger charge is 2.19. The second kappa shape index (κ2) is 4.18. The molecule has 1 heterocycles. The van der Waals surface area contributed by atoms with Gasteiger partial charge < -0.3 is 10.3 Å². The van der Waals surface area contributed by atoms with Crippen LogP contribution in [0.2, 0.25) is 0 Å². The topological polar surface area (TPSA) is 27.8 Å². The molecular formula is C12H20N2. The Morgan fingerprint density at radius 1 is 1.43 bits per heavy atom. The minimum Gasteiger partial charge on any atom is -0.362 e. The summed E-state index contributed by atoms with van der Waals surface area (Å²) in [7, 11) is 0. The molecule has 0 radical (unpaired) electrons. The minimum absolute atomic E-state index is 0.851. The van der Waals surface area contributed by atoms with Crippen molar-refractivity contribution in [1.29, 1.82) is 0 Å². The monoisotopic (exact) mass is 192 g/mol. The van der Waals surface area contributed by atoms with E-state index in [-0.39, 0.29) is 0 Å². The van der Waals surface area contributed by atoms with Gasteiger partial charge in [-0.25, -0.2) is 0 Å². The van der Waals surface area contributed by atoms with Crippen LogP contribution in [0.25, 0.3) is 0 Å². The van der Waals surface area contributed by atoms with Gasteiger partial charge in [0.25, 0.3) is 0 Å². The molecule has 0 aliphatic heterocycles. The first-order chi connectivity index (χ1) is 6.75. The van der Waals surface area contributed by atoms with Gasteiger partial charge in [0, 0.05) is 17.4 Å². The highest BCUT2D eigenvalue weighted by molar-refractivity contribution is 5.24. The highest BCUT2D eigenvalue weighted by atomic mass is 14.9. The van der Waals surface area contributed by atoms with Gasteiger partial charge in [0.15, 0.2) is 0 Å². The first kappa shape index (κ1) is 9.78. The van der Waals surface area contributed by atoms with Gasteiger partial charge in [-0.1, -0.05) is 0 Å². The summed E-state index contributed by atoms with van der Waals surface area (Å²) in [4.78, 5) is 3.35. The van der Waals surface area contributed by atoms with E-state index in [9.17, 15) is 0 Å². The zero-order chi connectivity index (χ0) is 9.97. The molecule has 2 N–H and O–H groups in total. The minimum atomic E-state index is 0.851. The molecule has 0 atom stereocenters. The van der Waals surface area contributed by atoms with Crippen LogP contribution in [0.15, 0.2) is 6.07 Å². The second-order valence-electron chi connectivity index (χ2n) is 4.43. The molecular weight excluding hydrogens is 172 g/mol. The lowest BCUT2D eigenvalue weighted by molar-refractivity contribution is 0.645. The summed E-state index contributed by atoms with van der Waals surface area (Å²) in [6, 6.07) is 3.12. The van der Waals surface area contributed by atoms with Crippen LogP contribution in [0.4, 0.5) is 0 Å². The van der Waals surface area contributed by atoms with E-state index in [0.29, 0.717) is 0 Å². The lowest BCUT2D eigenvalue weighted by atomic mass is 10.1. The van der Waals surface area contributed by atoms with Gasteiger partial charge in [-0.15, -0.1) is 0 Å². The number of aromatic amines is 1. The Morgan fingerprint density at radius 2 is 2.21 bits per heavy atom. The molecule has 0 bridgehead atoms. The van der Waals surface area contributed by atoms with Crippen LogP contribution in [0.3, 0.4) is 0 Å². The van der Waals surface area contributed by atoms with Gasteiger partial charge in [-0.2, -0.15) is 0 Å². The van der Waals surface area contributed by atoms with Crippen molar-refractivity contribution in [2.24, 2.45) is 0 Å². The van der Waals surface area contributed by atoms with Crippen LogP contribution in [0, 0.1) is 13.8 Å². The molecule has 2 rings (SSSR count). The van der Waals surface area contributed by atoms with Crippen molar-refractivity contribution < 1.29 is 0 Å². The predicted molar refractivity (Wildman–Crippen MR) is 59.6 cm³/mol. The first-order valence-electron chi connectivity index (χ1n) is 5.64. The summed E-state index contributed by atoms with van der Waals surface area (Å²) < 4.78 is 0. The van der Waals surface area contributed by atoms with E-state index < -0.39 is 0 Å². The number of H-pyrrole nitrogens is 1. The summed E-state index contributed by atoms with van der Waals surface area (Å²) in [5, 5.41) is 3.54. The lowest BCUT2D eigenvalue weighted by Gasteiger charge is -2.02. The first-order valence-corrected chi connectivity index (χ1v) is 5.64. The normalized spacial score (nSPS) is 16.1. The lowest BCUT2D eigenvalue weighted by Crippen LogP contribution is -2.17. The molecule has 2 nitrogen and oxygen atoms in total. The number of hydrogen-bond acceptors (Lipinski definition) is 1. The van der Waals surface area contributed by atoms with Crippen molar-refractivity contribution in [1.82, 2.24) is 10.3 Å². The van der Waals surface area contributed by atoms with Gasteiger partial charge >= 0.3 is 0 Å². The smallest absolute Gasteiger partial charge is 0.0150 e. The molecule has 1 saturated carbocycles. The fraction of sp³-hybridized carbons (Fsp3) is 0.667. The number of hydrogen-bond donors (Lipinski definition) is 2. The molecule has 14 heavy (non-hydrogen) atoms. The van der Waals surface area contributed by atoms with Gasteiger partial charge in [0.2, 0.25) is 0 Å². The summed E-state index contributed by atoms with van der Waals surface area (Å²) in [6.45, 7) is 5.46. The van der Waals surface area contributed by atoms with Gasteiger partial charge in [-0.3, -0.25) is 0 Å². The van der Waals surface area contributed by atoms with Gasteiger partial charge in [0.05, 0.1) is 0 Å². The number of nitrogens with one attached hydrogen (secondary N) is 2. The Morgan fingerprint density at radius 3 is 2.79 bits per heavy atom. The van der Waals surface area contributed by atoms with Crippen molar-refractivity contribution in [2.45, 2.75) is 45.6 Å². The molecule has 78 valence electrons. The van der Waals surface area contributed by atoms with E-state index >= 15 is 0 Å². The second-order valence-corrected chi connectivity index (χ2v) is 4.43. The number of aryl methyl sites for hydroxylation is 3. The Balaban J connectivity index is 1.70. The Kier molecular flexibility index (Phi) is 2.92. The van der Waals surface area contributed by atoms with Crippen LogP contribution in [-0.4, -0.2) is 17.6 Å². The van der Waals surface area contributed by atoms with Crippen molar-refractivity contribution in [3.63, 3.8) is 0 Å². The average molecular weight is 192 g/mol. The zero-order valence-electron chi connectivity index (χ0n) is 9.19. The molecule has 0 amide bonds. The van der Waals surface area contributed by atoms with E-state index in [1.165, 1.54) is 49.2 Å². The molecule has 0 saturated heterocycles. The van der Waals surface area contributed by atoms with Crippen molar-refractivity contribution in [3.05, 3.63) is 23.0 Å². The van der Waals surface area contributed by atoms with Crippen molar-refractivity contribution >= 4 is 0 Å². The summed E-state index contributed by atoms with van der Waals surface area (Å²) in [6.07, 6.45) is 5.25. The number of rotatable bonds is 5. The van der Waals surface area contributed by atoms with E-state index in [1.807, 2.05) is 0 Å². The summed E-state index contributed by atoms with van der Waals surface area (Å²) in [5.41, 5.74) is 4.11. The van der Waals surface area contributed by atoms with Gasteiger partial charge in [-0.05, 0) is 57.7 Å². The molecule has 1 fully saturated rings. The molecule has 0 aromatic carbocycles. The van der Waals surface area contributed by atoms with E-state index in [0.717, 1.165) is 6.04 Å². The zero-order valence-corrected chi connectivity index (χ0v) is 9.19. The maximum Gasteiger partial charge on any atom is 0.0150 e. The predicted octanol–water partition coefficient (Wildman–Crippen LogP) is 2.32. The summed E-state index contributed by atoms with van der Waals surface area (Å²) >= 11 is 0. The summed E-state index contributed by atoms with van der Waals surface area (Å²) in [5.74, 6) is 0. The third kappa shape index (κ3) is 2.61. The van der Waals surface area contributed by atoms with E-state index in [1.54, 1.807) is 0 Å². The van der Waals surface area contributed by atoms with Crippen LogP contribution < -0.4 is 5.32 Å². The maximum atomic E-state index is 3.54. The SMILES string of the molecule is Cc1cc(CCCNC2CC2)c(C)[nH]1. The third-order valence-electron chi connectivity index (χ3n) is 2.89. The Bertz CT molecular complexity index is 297. The largest absolute Gasteiger partial charge is 0.362 e. The quantitative estimate of drug-likeness (QED) is 0.688. The van der Waals surface area contributed by atoms with Crippen LogP contribution in [-0.2, 0) is 6.42 Å². The molecule has 1 aliphatic carbocycles. The Hall–Kier alpha value is -0.760. The fourth-order valence-electron chi connectivity index (χ4n) is 1.91. The van der Waals surface area contributed by atoms with E-state index in [4.69, 9.17) is 0 Å².